The maximum absolute atomic E-state index is 10.3. The number of hydrogen-bond acceptors (Lipinski definition) is 2. The van der Waals surface area contributed by atoms with E-state index in [9.17, 15) is 10.2 Å². The van der Waals surface area contributed by atoms with Crippen LogP contribution in [0.3, 0.4) is 0 Å². The summed E-state index contributed by atoms with van der Waals surface area (Å²) in [5, 5.41) is 20.3. The van der Waals surface area contributed by atoms with Crippen molar-refractivity contribution in [3.8, 4) is 0 Å². The van der Waals surface area contributed by atoms with Crippen LogP contribution in [0.4, 0.5) is 0 Å². The van der Waals surface area contributed by atoms with E-state index in [0.29, 0.717) is 23.2 Å². The fraction of sp³-hybridized carbons (Fsp3) is 0.778. The standard InChI is InChI=1S/C27H44O2/c1-18(2)26(29)15-9-20(4)24-13-14-25-21(7-6-16-27(24,25)5)10-11-22-17-23(28)12-8-19(22)3/h10-11,18,20,23-26,28-29H,3,6-9,12-17H2,1-2,4-5H3/b21-10+,22-11-/t20-,23+,24-,25+,26-,27-/m1/s1. The molecule has 3 aliphatic carbocycles. The van der Waals surface area contributed by atoms with E-state index in [1.54, 1.807) is 5.57 Å². The molecular formula is C27H44O2. The highest BCUT2D eigenvalue weighted by molar-refractivity contribution is 5.36. The summed E-state index contributed by atoms with van der Waals surface area (Å²) in [4.78, 5) is 0. The van der Waals surface area contributed by atoms with E-state index < -0.39 is 0 Å². The third-order valence-corrected chi connectivity index (χ3v) is 8.60. The topological polar surface area (TPSA) is 40.5 Å². The van der Waals surface area contributed by atoms with Crippen molar-refractivity contribution < 1.29 is 10.2 Å². The minimum Gasteiger partial charge on any atom is -0.393 e. The van der Waals surface area contributed by atoms with Crippen LogP contribution in [0.2, 0.25) is 0 Å². The number of allylic oxidation sites excluding steroid dienone is 4. The molecule has 0 amide bonds. The van der Waals surface area contributed by atoms with Crippen molar-refractivity contribution >= 4 is 0 Å². The summed E-state index contributed by atoms with van der Waals surface area (Å²) < 4.78 is 0. The Morgan fingerprint density at radius 3 is 2.59 bits per heavy atom. The lowest BCUT2D eigenvalue weighted by Crippen LogP contribution is -2.36. The lowest BCUT2D eigenvalue weighted by molar-refractivity contribution is 0.0717. The summed E-state index contributed by atoms with van der Waals surface area (Å²) in [7, 11) is 0. The van der Waals surface area contributed by atoms with Crippen LogP contribution in [0.15, 0.2) is 35.5 Å². The van der Waals surface area contributed by atoms with E-state index in [1.807, 2.05) is 0 Å². The van der Waals surface area contributed by atoms with E-state index in [4.69, 9.17) is 0 Å². The first-order valence-electron chi connectivity index (χ1n) is 12.2. The number of aliphatic hydroxyl groups is 2. The molecule has 0 aromatic carbocycles. The quantitative estimate of drug-likeness (QED) is 0.528. The molecule has 29 heavy (non-hydrogen) atoms. The fourth-order valence-electron chi connectivity index (χ4n) is 6.58. The van der Waals surface area contributed by atoms with Gasteiger partial charge in [-0.05, 0) is 98.9 Å². The van der Waals surface area contributed by atoms with Crippen LogP contribution < -0.4 is 0 Å². The van der Waals surface area contributed by atoms with Crippen LogP contribution in [0.25, 0.3) is 0 Å². The smallest absolute Gasteiger partial charge is 0.0583 e. The van der Waals surface area contributed by atoms with Gasteiger partial charge in [-0.15, -0.1) is 0 Å². The largest absolute Gasteiger partial charge is 0.393 e. The second-order valence-corrected chi connectivity index (χ2v) is 10.9. The zero-order valence-electron chi connectivity index (χ0n) is 19.3. The van der Waals surface area contributed by atoms with E-state index in [0.717, 1.165) is 38.0 Å². The zero-order chi connectivity index (χ0) is 21.2. The van der Waals surface area contributed by atoms with Crippen molar-refractivity contribution in [3.63, 3.8) is 0 Å². The van der Waals surface area contributed by atoms with Gasteiger partial charge >= 0.3 is 0 Å². The maximum atomic E-state index is 10.3. The van der Waals surface area contributed by atoms with Gasteiger partial charge in [-0.3, -0.25) is 0 Å². The Hall–Kier alpha value is -0.860. The third kappa shape index (κ3) is 5.07. The van der Waals surface area contributed by atoms with Gasteiger partial charge in [-0.2, -0.15) is 0 Å². The molecule has 3 saturated carbocycles. The monoisotopic (exact) mass is 400 g/mol. The van der Waals surface area contributed by atoms with Gasteiger partial charge in [0.25, 0.3) is 0 Å². The van der Waals surface area contributed by atoms with Crippen LogP contribution in [-0.4, -0.2) is 22.4 Å². The van der Waals surface area contributed by atoms with Crippen molar-refractivity contribution in [2.75, 3.05) is 0 Å². The van der Waals surface area contributed by atoms with Crippen LogP contribution in [0.5, 0.6) is 0 Å². The Kier molecular flexibility index (Phi) is 7.49. The Balaban J connectivity index is 1.70. The average molecular weight is 401 g/mol. The van der Waals surface area contributed by atoms with Gasteiger partial charge in [0.2, 0.25) is 0 Å². The van der Waals surface area contributed by atoms with Crippen molar-refractivity contribution in [1.82, 2.24) is 0 Å². The summed E-state index contributed by atoms with van der Waals surface area (Å²) in [5.41, 5.74) is 4.52. The highest BCUT2D eigenvalue weighted by atomic mass is 16.3. The van der Waals surface area contributed by atoms with Crippen LogP contribution in [-0.2, 0) is 0 Å². The number of fused-ring (bicyclic) bond motifs is 1. The molecule has 6 atom stereocenters. The van der Waals surface area contributed by atoms with E-state index >= 15 is 0 Å². The molecular weight excluding hydrogens is 356 g/mol. The lowest BCUT2D eigenvalue weighted by Gasteiger charge is -2.44. The molecule has 0 radical (unpaired) electrons. The Morgan fingerprint density at radius 1 is 1.10 bits per heavy atom. The molecule has 0 unspecified atom stereocenters. The van der Waals surface area contributed by atoms with Gasteiger partial charge in [0.1, 0.15) is 0 Å². The van der Waals surface area contributed by atoms with Gasteiger partial charge < -0.3 is 10.2 Å². The van der Waals surface area contributed by atoms with E-state index in [-0.39, 0.29) is 12.2 Å². The molecule has 0 heterocycles. The average Bonchev–Trinajstić information content (AvgIpc) is 3.04. The van der Waals surface area contributed by atoms with Gasteiger partial charge in [0.15, 0.2) is 0 Å². The number of aliphatic hydroxyl groups excluding tert-OH is 2. The molecule has 0 spiro atoms. The first-order chi connectivity index (χ1) is 13.7. The van der Waals surface area contributed by atoms with Crippen LogP contribution in [0, 0.1) is 29.1 Å². The normalized spacial score (nSPS) is 37.9. The van der Waals surface area contributed by atoms with Gasteiger partial charge in [-0.1, -0.05) is 57.6 Å². The summed E-state index contributed by atoms with van der Waals surface area (Å²) in [6.07, 6.45) is 15.5. The molecule has 0 aromatic rings. The molecule has 2 N–H and O–H groups in total. The highest BCUT2D eigenvalue weighted by Crippen LogP contribution is 2.59. The van der Waals surface area contributed by atoms with Crippen molar-refractivity contribution in [2.45, 2.75) is 104 Å². The molecule has 0 aliphatic heterocycles. The van der Waals surface area contributed by atoms with Crippen molar-refractivity contribution in [3.05, 3.63) is 35.5 Å². The van der Waals surface area contributed by atoms with Gasteiger partial charge in [-0.25, -0.2) is 0 Å². The molecule has 3 aliphatic rings. The van der Waals surface area contributed by atoms with E-state index in [2.05, 4.69) is 46.4 Å². The molecule has 3 rings (SSSR count). The molecule has 3 fully saturated rings. The fourth-order valence-corrected chi connectivity index (χ4v) is 6.58. The second kappa shape index (κ2) is 9.52. The van der Waals surface area contributed by atoms with Crippen molar-refractivity contribution in [2.24, 2.45) is 29.1 Å². The third-order valence-electron chi connectivity index (χ3n) is 8.60. The predicted molar refractivity (Wildman–Crippen MR) is 123 cm³/mol. The first kappa shape index (κ1) is 22.8. The Morgan fingerprint density at radius 2 is 1.86 bits per heavy atom. The van der Waals surface area contributed by atoms with Crippen LogP contribution >= 0.6 is 0 Å². The summed E-state index contributed by atoms with van der Waals surface area (Å²) in [5.74, 6) is 2.52. The number of rotatable bonds is 6. The Bertz CT molecular complexity index is 643. The zero-order valence-corrected chi connectivity index (χ0v) is 19.3. The molecule has 2 nitrogen and oxygen atoms in total. The predicted octanol–water partition coefficient (Wildman–Crippen LogP) is 6.59. The SMILES string of the molecule is C=C1CC[C@H](O)C/C1=C/C=C1\CCC[C@]2(C)[C@@H]([C@H](C)CC[C@@H](O)C(C)C)CC[C@@H]12. The molecule has 164 valence electrons. The first-order valence-corrected chi connectivity index (χ1v) is 12.2. The molecule has 2 heteroatoms. The summed E-state index contributed by atoms with van der Waals surface area (Å²) in [6, 6.07) is 0. The van der Waals surface area contributed by atoms with Crippen molar-refractivity contribution in [1.29, 1.82) is 0 Å². The minimum atomic E-state index is -0.195. The van der Waals surface area contributed by atoms with E-state index in [1.165, 1.54) is 43.3 Å². The minimum absolute atomic E-state index is 0.158. The molecule has 0 bridgehead atoms. The maximum Gasteiger partial charge on any atom is 0.0583 e. The number of hydrogen-bond donors (Lipinski definition) is 2. The second-order valence-electron chi connectivity index (χ2n) is 10.9. The Labute approximate surface area is 179 Å². The lowest BCUT2D eigenvalue weighted by atomic mass is 9.60. The van der Waals surface area contributed by atoms with Crippen LogP contribution in [0.1, 0.15) is 91.9 Å². The van der Waals surface area contributed by atoms with Gasteiger partial charge in [0, 0.05) is 0 Å². The highest BCUT2D eigenvalue weighted by Gasteiger charge is 2.50. The molecule has 0 saturated heterocycles. The summed E-state index contributed by atoms with van der Waals surface area (Å²) in [6.45, 7) is 13.4. The molecule has 0 aromatic heterocycles. The van der Waals surface area contributed by atoms with Gasteiger partial charge in [0.05, 0.1) is 12.2 Å². The summed E-state index contributed by atoms with van der Waals surface area (Å²) >= 11 is 0.